The van der Waals surface area contributed by atoms with Gasteiger partial charge in [0, 0.05) is 11.6 Å². The van der Waals surface area contributed by atoms with Gasteiger partial charge in [-0.15, -0.1) is 12.8 Å². The number of likely N-dealkylation sites (tertiary alicyclic amines) is 2. The molecule has 0 aliphatic carbocycles. The third kappa shape index (κ3) is 38.4. The molecule has 0 bridgehead atoms. The molecule has 4 nitrogen and oxygen atoms in total. The maximum Gasteiger partial charge on any atom is 1.00 e. The first-order valence-corrected chi connectivity index (χ1v) is 11.4. The summed E-state index contributed by atoms with van der Waals surface area (Å²) >= 11 is 0. The van der Waals surface area contributed by atoms with E-state index in [1.54, 1.807) is 13.8 Å². The van der Waals surface area contributed by atoms with Crippen LogP contribution in [-0.4, -0.2) is 48.6 Å². The van der Waals surface area contributed by atoms with Crippen molar-refractivity contribution in [3.63, 3.8) is 0 Å². The molecule has 2 heterocycles. The van der Waals surface area contributed by atoms with Gasteiger partial charge in [0.2, 0.25) is 0 Å². The Morgan fingerprint density at radius 3 is 0.879 bits per heavy atom. The van der Waals surface area contributed by atoms with Gasteiger partial charge in [0.15, 0.2) is 0 Å². The van der Waals surface area contributed by atoms with Gasteiger partial charge in [-0.05, 0) is 41.0 Å². The van der Waals surface area contributed by atoms with E-state index < -0.39 is 0 Å². The van der Waals surface area contributed by atoms with Gasteiger partial charge in [0.05, 0.1) is 0 Å². The summed E-state index contributed by atoms with van der Waals surface area (Å²) in [5, 5.41) is 0. The van der Waals surface area contributed by atoms with E-state index in [4.69, 9.17) is 0 Å². The zero-order valence-electron chi connectivity index (χ0n) is 24.5. The summed E-state index contributed by atoms with van der Waals surface area (Å²) in [6, 6.07) is 1.99. The van der Waals surface area contributed by atoms with Crippen molar-refractivity contribution in [2.45, 2.75) is 102 Å². The van der Waals surface area contributed by atoms with E-state index in [0.717, 1.165) is 50.9 Å². The fourth-order valence-electron chi connectivity index (χ4n) is 2.51. The summed E-state index contributed by atoms with van der Waals surface area (Å²) in [5.41, 5.74) is 0. The van der Waals surface area contributed by atoms with Crippen molar-refractivity contribution in [2.24, 2.45) is 0 Å². The first-order chi connectivity index (χ1) is 14.4. The van der Waals surface area contributed by atoms with Gasteiger partial charge in [0.25, 0.3) is 0 Å². The first kappa shape index (κ1) is 59.7. The molecule has 6 heteroatoms. The number of carbonyl (C=O) groups is 2. The molecule has 192 valence electrons. The molecule has 2 saturated heterocycles. The minimum Gasteiger partial charge on any atom is -0.521 e. The van der Waals surface area contributed by atoms with Crippen LogP contribution in [0, 0.1) is 25.2 Å². The normalized spacial score (nSPS) is 12.4. The van der Waals surface area contributed by atoms with Crippen LogP contribution in [0.25, 0.3) is 0 Å². The number of hydrogen-bond acceptors (Lipinski definition) is 4. The minimum absolute atomic E-state index is 0. The number of carbonyl (C=O) groups excluding carboxylic acids is 2. The summed E-state index contributed by atoms with van der Waals surface area (Å²) in [6.07, 6.45) is 4.24. The van der Waals surface area contributed by atoms with Gasteiger partial charge in [-0.25, -0.2) is 12.1 Å². The molecule has 0 N–H and O–H groups in total. The van der Waals surface area contributed by atoms with Crippen molar-refractivity contribution in [3.05, 3.63) is 38.4 Å². The average Bonchev–Trinajstić information content (AvgIpc) is 3.45. The Labute approximate surface area is 297 Å². The van der Waals surface area contributed by atoms with Gasteiger partial charge in [-0.1, -0.05) is 75.7 Å². The van der Waals surface area contributed by atoms with E-state index >= 15 is 0 Å². The molecule has 0 unspecified atom stereocenters. The standard InChI is InChI=1S/2C7H12NO.4C2H6.2C2H3.CH4.2K/c2*1-6(9)7-4-3-5-8(7)2;6*1-2;;;/h2*3-5H2,1-2H3;4*1-2H3;2*1H,2H2;1H4;;/q2*-1;;;;;2*-1;;2*+1. The molecule has 0 atom stereocenters. The fraction of sp³-hybridized carbons (Fsp3) is 0.704. The molecule has 0 aromatic heterocycles. The Bertz CT molecular complexity index is 312. The van der Waals surface area contributed by atoms with Gasteiger partial charge in [-0.3, -0.25) is 13.2 Å². The molecular weight excluding hydrogens is 463 g/mol. The first-order valence-electron chi connectivity index (χ1n) is 11.4. The topological polar surface area (TPSA) is 40.6 Å². The molecule has 0 amide bonds. The summed E-state index contributed by atoms with van der Waals surface area (Å²) < 4.78 is 0. The van der Waals surface area contributed by atoms with Gasteiger partial charge >= 0.3 is 103 Å². The van der Waals surface area contributed by atoms with E-state index in [1.807, 2.05) is 79.3 Å². The van der Waals surface area contributed by atoms with Crippen molar-refractivity contribution in [1.29, 1.82) is 0 Å². The Morgan fingerprint density at radius 1 is 0.636 bits per heavy atom. The maximum atomic E-state index is 10.8. The predicted octanol–water partition coefficient (Wildman–Crippen LogP) is 1.63. The molecular formula is C27H58K2N2O2-2. The monoisotopic (exact) mass is 520 g/mol. The van der Waals surface area contributed by atoms with Crippen LogP contribution in [0.2, 0.25) is 0 Å². The van der Waals surface area contributed by atoms with E-state index in [9.17, 15) is 9.59 Å². The van der Waals surface area contributed by atoms with Crippen molar-refractivity contribution in [1.82, 2.24) is 9.80 Å². The van der Waals surface area contributed by atoms with Crippen molar-refractivity contribution < 1.29 is 112 Å². The van der Waals surface area contributed by atoms with Gasteiger partial charge in [-0.2, -0.15) is 0 Å². The van der Waals surface area contributed by atoms with Crippen LogP contribution in [0.15, 0.2) is 13.2 Å². The number of nitrogens with zero attached hydrogens (tertiary/aromatic N) is 2. The number of ketones is 2. The van der Waals surface area contributed by atoms with Crippen LogP contribution in [-0.2, 0) is 9.59 Å². The van der Waals surface area contributed by atoms with Crippen LogP contribution in [0.4, 0.5) is 0 Å². The minimum atomic E-state index is 0. The molecule has 2 rings (SSSR count). The number of Topliss-reactive ketones (excluding diaryl/α,β-unsaturated/α-hetero) is 2. The smallest absolute Gasteiger partial charge is 0.521 e. The molecule has 0 radical (unpaired) electrons. The second-order valence-electron chi connectivity index (χ2n) is 5.06. The van der Waals surface area contributed by atoms with Crippen LogP contribution >= 0.6 is 0 Å². The molecule has 0 saturated carbocycles. The number of rotatable bonds is 2. The van der Waals surface area contributed by atoms with Crippen LogP contribution < -0.4 is 103 Å². The summed E-state index contributed by atoms with van der Waals surface area (Å²) in [7, 11) is 3.95. The average molecular weight is 521 g/mol. The van der Waals surface area contributed by atoms with Crippen LogP contribution in [0.3, 0.4) is 0 Å². The molecule has 0 aromatic carbocycles. The second-order valence-corrected chi connectivity index (χ2v) is 5.06. The third-order valence-corrected chi connectivity index (χ3v) is 3.55. The number of hydrogen-bond donors (Lipinski definition) is 0. The molecule has 0 aromatic rings. The molecule has 2 aliphatic rings. The van der Waals surface area contributed by atoms with Gasteiger partial charge < -0.3 is 32.5 Å². The zero-order chi connectivity index (χ0) is 25.7. The Hall–Kier alpha value is 1.75. The maximum absolute atomic E-state index is 10.8. The molecule has 0 spiro atoms. The molecule has 2 fully saturated rings. The van der Waals surface area contributed by atoms with E-state index in [1.165, 1.54) is 0 Å². The summed E-state index contributed by atoms with van der Waals surface area (Å²) in [4.78, 5) is 25.6. The second kappa shape index (κ2) is 54.6. The predicted molar refractivity (Wildman–Crippen MR) is 144 cm³/mol. The third-order valence-electron chi connectivity index (χ3n) is 3.55. The summed E-state index contributed by atoms with van der Waals surface area (Å²) in [6.45, 7) is 35.4. The molecule has 33 heavy (non-hydrogen) atoms. The Balaban J connectivity index is -0.0000000324. The number of likely N-dealkylation sites (N-methyl/N-ethyl adjacent to an activating group) is 2. The molecule has 2 aliphatic heterocycles. The van der Waals surface area contributed by atoms with E-state index in [0.29, 0.717) is 0 Å². The largest absolute Gasteiger partial charge is 1.00 e. The fourth-order valence-corrected chi connectivity index (χ4v) is 2.51. The SMILES string of the molecule is C.CC.CC.CC.CC.CC(=O)[C-]1CCCN1C.CC(=O)[C-]1CCCN1C.[CH-]=C.[CH-]=C.[K+].[K+]. The van der Waals surface area contributed by atoms with Crippen molar-refractivity contribution in [2.75, 3.05) is 27.2 Å². The summed E-state index contributed by atoms with van der Waals surface area (Å²) in [5.74, 6) is 0.463. The van der Waals surface area contributed by atoms with E-state index in [-0.39, 0.29) is 122 Å². The Morgan fingerprint density at radius 2 is 0.818 bits per heavy atom. The van der Waals surface area contributed by atoms with Crippen LogP contribution in [0.1, 0.15) is 102 Å². The Kier molecular flexibility index (Phi) is 98.8. The zero-order valence-corrected chi connectivity index (χ0v) is 30.8. The van der Waals surface area contributed by atoms with Crippen molar-refractivity contribution in [3.8, 4) is 0 Å². The quantitative estimate of drug-likeness (QED) is 0.410. The van der Waals surface area contributed by atoms with Gasteiger partial charge in [0.1, 0.15) is 0 Å². The van der Waals surface area contributed by atoms with Crippen molar-refractivity contribution >= 4 is 11.6 Å². The van der Waals surface area contributed by atoms with E-state index in [2.05, 4.69) is 26.3 Å². The van der Waals surface area contributed by atoms with Crippen LogP contribution in [0.5, 0.6) is 0 Å².